The Labute approximate surface area is 57.6 Å². The van der Waals surface area contributed by atoms with E-state index in [2.05, 4.69) is 15.5 Å². The van der Waals surface area contributed by atoms with Gasteiger partial charge in [-0.25, -0.2) is 0 Å². The summed E-state index contributed by atoms with van der Waals surface area (Å²) >= 11 is 0. The summed E-state index contributed by atoms with van der Waals surface area (Å²) in [5.74, 6) is 0.333. The first-order valence-corrected chi connectivity index (χ1v) is 2.82. The van der Waals surface area contributed by atoms with Crippen molar-refractivity contribution in [2.75, 3.05) is 11.9 Å². The van der Waals surface area contributed by atoms with Gasteiger partial charge in [-0.1, -0.05) is 0 Å². The topological polar surface area (TPSA) is 83.8 Å². The largest absolute Gasteiger partial charge is 0.322 e. The maximum Gasteiger partial charge on any atom is 0.239 e. The SMILES string of the molecule is NCC(=O)Nc1ccn[nH]1. The number of nitrogens with zero attached hydrogens (tertiary/aromatic N) is 1. The number of hydrogen-bond donors (Lipinski definition) is 3. The van der Waals surface area contributed by atoms with Crippen LogP contribution in [0, 0.1) is 0 Å². The van der Waals surface area contributed by atoms with Crippen molar-refractivity contribution in [2.24, 2.45) is 5.73 Å². The van der Waals surface area contributed by atoms with Gasteiger partial charge in [-0.3, -0.25) is 9.89 Å². The molecule has 4 N–H and O–H groups in total. The fourth-order valence-corrected chi connectivity index (χ4v) is 0.527. The van der Waals surface area contributed by atoms with Crippen LogP contribution in [-0.4, -0.2) is 22.6 Å². The number of H-pyrrole nitrogens is 1. The summed E-state index contributed by atoms with van der Waals surface area (Å²) in [6.45, 7) is -0.0149. The van der Waals surface area contributed by atoms with E-state index in [9.17, 15) is 4.79 Å². The number of nitrogens with one attached hydrogen (secondary N) is 2. The Kier molecular flexibility index (Phi) is 2.01. The van der Waals surface area contributed by atoms with Gasteiger partial charge in [0.25, 0.3) is 0 Å². The summed E-state index contributed by atoms with van der Waals surface area (Å²) in [6, 6.07) is 1.65. The average molecular weight is 140 g/mol. The molecule has 1 aromatic rings. The third-order valence-electron chi connectivity index (χ3n) is 0.960. The number of carbonyl (C=O) groups excluding carboxylic acids is 1. The predicted molar refractivity (Wildman–Crippen MR) is 36.3 cm³/mol. The van der Waals surface area contributed by atoms with E-state index >= 15 is 0 Å². The van der Waals surface area contributed by atoms with E-state index < -0.39 is 0 Å². The highest BCUT2D eigenvalue weighted by Crippen LogP contribution is 1.96. The fraction of sp³-hybridized carbons (Fsp3) is 0.200. The number of aromatic nitrogens is 2. The van der Waals surface area contributed by atoms with E-state index in [1.54, 1.807) is 12.3 Å². The van der Waals surface area contributed by atoms with Gasteiger partial charge in [0.15, 0.2) is 0 Å². The normalized spacial score (nSPS) is 9.30. The molecule has 10 heavy (non-hydrogen) atoms. The second kappa shape index (κ2) is 2.98. The molecule has 0 fully saturated rings. The Morgan fingerprint density at radius 2 is 2.70 bits per heavy atom. The van der Waals surface area contributed by atoms with E-state index in [4.69, 9.17) is 5.73 Å². The van der Waals surface area contributed by atoms with Crippen molar-refractivity contribution in [1.82, 2.24) is 10.2 Å². The molecule has 54 valence electrons. The zero-order chi connectivity index (χ0) is 7.40. The molecule has 0 aromatic carbocycles. The number of amides is 1. The smallest absolute Gasteiger partial charge is 0.239 e. The van der Waals surface area contributed by atoms with Crippen LogP contribution in [0.4, 0.5) is 5.82 Å². The first-order valence-electron chi connectivity index (χ1n) is 2.82. The second-order valence-electron chi connectivity index (χ2n) is 1.72. The average Bonchev–Trinajstić information content (AvgIpc) is 2.40. The van der Waals surface area contributed by atoms with Gasteiger partial charge < -0.3 is 11.1 Å². The molecule has 0 spiro atoms. The minimum absolute atomic E-state index is 0.0149. The van der Waals surface area contributed by atoms with Crippen LogP contribution < -0.4 is 11.1 Å². The summed E-state index contributed by atoms with van der Waals surface area (Å²) in [5.41, 5.74) is 5.04. The van der Waals surface area contributed by atoms with E-state index in [1.807, 2.05) is 0 Å². The minimum atomic E-state index is -0.232. The summed E-state index contributed by atoms with van der Waals surface area (Å²) in [4.78, 5) is 10.6. The number of rotatable bonds is 2. The maximum absolute atomic E-state index is 10.6. The summed E-state index contributed by atoms with van der Waals surface area (Å²) in [6.07, 6.45) is 1.55. The highest BCUT2D eigenvalue weighted by atomic mass is 16.1. The van der Waals surface area contributed by atoms with Crippen molar-refractivity contribution in [3.05, 3.63) is 12.3 Å². The second-order valence-corrected chi connectivity index (χ2v) is 1.72. The minimum Gasteiger partial charge on any atom is -0.322 e. The third-order valence-corrected chi connectivity index (χ3v) is 0.960. The zero-order valence-electron chi connectivity index (χ0n) is 5.29. The monoisotopic (exact) mass is 140 g/mol. The molecular formula is C5H8N4O. The van der Waals surface area contributed by atoms with Gasteiger partial charge in [-0.05, 0) is 0 Å². The molecule has 1 rings (SSSR count). The van der Waals surface area contributed by atoms with Gasteiger partial charge in [-0.15, -0.1) is 0 Å². The van der Waals surface area contributed by atoms with Crippen LogP contribution in [-0.2, 0) is 4.79 Å². The number of aromatic amines is 1. The number of nitrogens with two attached hydrogens (primary N) is 1. The molecule has 1 heterocycles. The lowest BCUT2D eigenvalue weighted by Gasteiger charge is -1.96. The molecule has 0 aliphatic heterocycles. The van der Waals surface area contributed by atoms with Crippen molar-refractivity contribution in [2.45, 2.75) is 0 Å². The van der Waals surface area contributed by atoms with Gasteiger partial charge in [0.1, 0.15) is 5.82 Å². The Morgan fingerprint density at radius 3 is 3.20 bits per heavy atom. The van der Waals surface area contributed by atoms with E-state index in [0.29, 0.717) is 5.82 Å². The summed E-state index contributed by atoms with van der Waals surface area (Å²) in [5, 5.41) is 8.68. The van der Waals surface area contributed by atoms with Crippen molar-refractivity contribution in [3.63, 3.8) is 0 Å². The lowest BCUT2D eigenvalue weighted by Crippen LogP contribution is -2.21. The zero-order valence-corrected chi connectivity index (χ0v) is 5.29. The van der Waals surface area contributed by atoms with Crippen molar-refractivity contribution in [1.29, 1.82) is 0 Å². The molecule has 1 aromatic heterocycles. The molecule has 0 aliphatic rings. The van der Waals surface area contributed by atoms with Crippen LogP contribution in [0.5, 0.6) is 0 Å². The number of anilines is 1. The molecule has 0 unspecified atom stereocenters. The lowest BCUT2D eigenvalue weighted by molar-refractivity contribution is -0.114. The van der Waals surface area contributed by atoms with E-state index in [0.717, 1.165) is 0 Å². The van der Waals surface area contributed by atoms with Crippen LogP contribution in [0.15, 0.2) is 12.3 Å². The number of hydrogen-bond acceptors (Lipinski definition) is 3. The maximum atomic E-state index is 10.6. The molecule has 5 nitrogen and oxygen atoms in total. The lowest BCUT2D eigenvalue weighted by atomic mass is 10.5. The molecule has 5 heteroatoms. The van der Waals surface area contributed by atoms with E-state index in [1.165, 1.54) is 0 Å². The highest BCUT2D eigenvalue weighted by Gasteiger charge is 1.97. The summed E-state index contributed by atoms with van der Waals surface area (Å²) < 4.78 is 0. The fourth-order valence-electron chi connectivity index (χ4n) is 0.527. The van der Waals surface area contributed by atoms with Crippen LogP contribution >= 0.6 is 0 Å². The van der Waals surface area contributed by atoms with E-state index in [-0.39, 0.29) is 12.5 Å². The molecule has 1 amide bonds. The standard InChI is InChI=1S/C5H8N4O/c6-3-5(10)8-4-1-2-7-9-4/h1-2H,3,6H2,(H2,7,8,9,10). The van der Waals surface area contributed by atoms with Crippen molar-refractivity contribution in [3.8, 4) is 0 Å². The van der Waals surface area contributed by atoms with Gasteiger partial charge in [-0.2, -0.15) is 5.10 Å². The Balaban J connectivity index is 2.48. The van der Waals surface area contributed by atoms with Gasteiger partial charge in [0.2, 0.25) is 5.91 Å². The Morgan fingerprint density at radius 1 is 1.90 bits per heavy atom. The Bertz CT molecular complexity index is 205. The molecule has 0 bridgehead atoms. The van der Waals surface area contributed by atoms with Crippen LogP contribution in [0.3, 0.4) is 0 Å². The highest BCUT2D eigenvalue weighted by molar-refractivity contribution is 5.91. The predicted octanol–water partition coefficient (Wildman–Crippen LogP) is -0.693. The van der Waals surface area contributed by atoms with Crippen LogP contribution in [0.25, 0.3) is 0 Å². The van der Waals surface area contributed by atoms with Crippen LogP contribution in [0.1, 0.15) is 0 Å². The van der Waals surface area contributed by atoms with Crippen molar-refractivity contribution >= 4 is 11.7 Å². The van der Waals surface area contributed by atoms with Gasteiger partial charge >= 0.3 is 0 Å². The Hall–Kier alpha value is -1.36. The molecule has 0 saturated carbocycles. The van der Waals surface area contributed by atoms with Crippen molar-refractivity contribution < 1.29 is 4.79 Å². The summed E-state index contributed by atoms with van der Waals surface area (Å²) in [7, 11) is 0. The first kappa shape index (κ1) is 6.76. The first-order chi connectivity index (χ1) is 4.83. The third kappa shape index (κ3) is 1.56. The molecule has 0 aliphatic carbocycles. The molecule has 0 atom stereocenters. The molecule has 0 radical (unpaired) electrons. The molecule has 0 saturated heterocycles. The van der Waals surface area contributed by atoms with Gasteiger partial charge in [0.05, 0.1) is 12.7 Å². The van der Waals surface area contributed by atoms with Crippen LogP contribution in [0.2, 0.25) is 0 Å². The quantitative estimate of drug-likeness (QED) is 0.508. The van der Waals surface area contributed by atoms with Gasteiger partial charge in [0, 0.05) is 6.07 Å². The number of carbonyl (C=O) groups is 1. The molecular weight excluding hydrogens is 132 g/mol.